The van der Waals surface area contributed by atoms with Crippen LogP contribution in [0.2, 0.25) is 10.0 Å². The number of hydrogen-bond donors (Lipinski definition) is 1. The molecule has 1 unspecified atom stereocenters. The maximum atomic E-state index is 13.6. The van der Waals surface area contributed by atoms with Crippen LogP contribution in [-0.2, 0) is 0 Å². The molecule has 3 aromatic rings. The van der Waals surface area contributed by atoms with Crippen LogP contribution in [0.25, 0.3) is 10.9 Å². The first-order valence-corrected chi connectivity index (χ1v) is 7.53. The van der Waals surface area contributed by atoms with E-state index in [4.69, 9.17) is 23.2 Å². The van der Waals surface area contributed by atoms with E-state index in [2.05, 4.69) is 4.98 Å². The first-order valence-electron chi connectivity index (χ1n) is 6.77. The minimum Gasteiger partial charge on any atom is -0.307 e. The molecule has 2 aromatic carbocycles. The van der Waals surface area contributed by atoms with Crippen molar-refractivity contribution in [1.29, 1.82) is 0 Å². The summed E-state index contributed by atoms with van der Waals surface area (Å²) in [7, 11) is 0. The number of hydrogen-bond acceptors (Lipinski definition) is 2. The Morgan fingerprint density at radius 2 is 1.78 bits per heavy atom. The summed E-state index contributed by atoms with van der Waals surface area (Å²) in [6.07, 6.45) is 0. The zero-order valence-electron chi connectivity index (χ0n) is 11.9. The van der Waals surface area contributed by atoms with Gasteiger partial charge >= 0.3 is 5.69 Å². The summed E-state index contributed by atoms with van der Waals surface area (Å²) in [5.74, 6) is -0.714. The maximum absolute atomic E-state index is 13.6. The molecule has 118 valence electrons. The van der Waals surface area contributed by atoms with Crippen LogP contribution in [0.4, 0.5) is 4.39 Å². The van der Waals surface area contributed by atoms with Crippen LogP contribution < -0.4 is 11.2 Å². The second-order valence-electron chi connectivity index (χ2n) is 5.14. The van der Waals surface area contributed by atoms with Crippen LogP contribution in [-0.4, -0.2) is 9.55 Å². The Hall–Kier alpha value is -2.11. The molecule has 4 nitrogen and oxygen atoms in total. The standard InChI is InChI=1S/C16H11Cl2FN2O2/c1-8(9-2-4-10(17)5-3-9)21-15(22)11-6-13(19)12(18)7-14(11)20-16(21)23/h2-8H,1H3,(H,20,23). The number of nitrogens with zero attached hydrogens (tertiary/aromatic N) is 1. The van der Waals surface area contributed by atoms with Crippen molar-refractivity contribution in [3.63, 3.8) is 0 Å². The molecular weight excluding hydrogens is 342 g/mol. The Morgan fingerprint density at radius 3 is 2.43 bits per heavy atom. The van der Waals surface area contributed by atoms with Crippen molar-refractivity contribution in [3.8, 4) is 0 Å². The summed E-state index contributed by atoms with van der Waals surface area (Å²) in [5, 5.41) is 0.459. The average molecular weight is 353 g/mol. The molecule has 0 saturated carbocycles. The van der Waals surface area contributed by atoms with Gasteiger partial charge in [0.15, 0.2) is 0 Å². The molecule has 7 heteroatoms. The summed E-state index contributed by atoms with van der Waals surface area (Å²) >= 11 is 11.5. The van der Waals surface area contributed by atoms with Crippen LogP contribution in [0.15, 0.2) is 46.0 Å². The molecule has 1 N–H and O–H groups in total. The Morgan fingerprint density at radius 1 is 1.13 bits per heavy atom. The van der Waals surface area contributed by atoms with Crippen LogP contribution in [0.1, 0.15) is 18.5 Å². The van der Waals surface area contributed by atoms with Gasteiger partial charge in [-0.05, 0) is 36.8 Å². The van der Waals surface area contributed by atoms with E-state index in [1.807, 2.05) is 0 Å². The van der Waals surface area contributed by atoms with E-state index in [0.29, 0.717) is 5.02 Å². The van der Waals surface area contributed by atoms with E-state index in [9.17, 15) is 14.0 Å². The third-order valence-corrected chi connectivity index (χ3v) is 4.25. The number of aromatic nitrogens is 2. The number of rotatable bonds is 2. The molecule has 0 saturated heterocycles. The van der Waals surface area contributed by atoms with E-state index in [-0.39, 0.29) is 15.9 Å². The van der Waals surface area contributed by atoms with Crippen molar-refractivity contribution in [1.82, 2.24) is 9.55 Å². The maximum Gasteiger partial charge on any atom is 0.329 e. The zero-order chi connectivity index (χ0) is 16.7. The summed E-state index contributed by atoms with van der Waals surface area (Å²) < 4.78 is 14.7. The third-order valence-electron chi connectivity index (χ3n) is 3.71. The molecule has 0 aliphatic carbocycles. The summed E-state index contributed by atoms with van der Waals surface area (Å²) in [5.41, 5.74) is -0.240. The third kappa shape index (κ3) is 2.78. The van der Waals surface area contributed by atoms with E-state index in [0.717, 1.165) is 16.2 Å². The molecule has 0 spiro atoms. The predicted octanol–water partition coefficient (Wildman–Crippen LogP) is 3.75. The van der Waals surface area contributed by atoms with Gasteiger partial charge in [-0.2, -0.15) is 0 Å². The summed E-state index contributed by atoms with van der Waals surface area (Å²) in [6.45, 7) is 1.71. The Bertz CT molecular complexity index is 1010. The fraction of sp³-hybridized carbons (Fsp3) is 0.125. The molecule has 0 aliphatic heterocycles. The highest BCUT2D eigenvalue weighted by Gasteiger charge is 2.16. The van der Waals surface area contributed by atoms with E-state index in [1.165, 1.54) is 6.07 Å². The van der Waals surface area contributed by atoms with E-state index < -0.39 is 23.1 Å². The lowest BCUT2D eigenvalue weighted by Crippen LogP contribution is -2.37. The minimum absolute atomic E-state index is 0.0623. The van der Waals surface area contributed by atoms with Crippen molar-refractivity contribution in [2.24, 2.45) is 0 Å². The van der Waals surface area contributed by atoms with Gasteiger partial charge in [-0.1, -0.05) is 35.3 Å². The summed E-state index contributed by atoms with van der Waals surface area (Å²) in [4.78, 5) is 27.4. The van der Waals surface area contributed by atoms with Crippen LogP contribution in [0, 0.1) is 5.82 Å². The molecule has 23 heavy (non-hydrogen) atoms. The van der Waals surface area contributed by atoms with Crippen molar-refractivity contribution in [3.05, 3.63) is 78.7 Å². The second kappa shape index (κ2) is 5.83. The molecule has 0 aliphatic rings. The average Bonchev–Trinajstić information content (AvgIpc) is 2.50. The Kier molecular flexibility index (Phi) is 4.00. The Labute approximate surface area is 140 Å². The van der Waals surface area contributed by atoms with Crippen molar-refractivity contribution >= 4 is 34.1 Å². The molecule has 0 fully saturated rings. The van der Waals surface area contributed by atoms with Crippen LogP contribution in [0.3, 0.4) is 0 Å². The quantitative estimate of drug-likeness (QED) is 0.763. The number of H-pyrrole nitrogens is 1. The lowest BCUT2D eigenvalue weighted by Gasteiger charge is -2.15. The highest BCUT2D eigenvalue weighted by molar-refractivity contribution is 6.31. The summed E-state index contributed by atoms with van der Waals surface area (Å²) in [6, 6.07) is 8.52. The molecule has 0 bridgehead atoms. The largest absolute Gasteiger partial charge is 0.329 e. The van der Waals surface area contributed by atoms with Gasteiger partial charge in [-0.15, -0.1) is 0 Å². The van der Waals surface area contributed by atoms with Gasteiger partial charge in [-0.25, -0.2) is 9.18 Å². The fourth-order valence-electron chi connectivity index (χ4n) is 2.47. The smallest absolute Gasteiger partial charge is 0.307 e. The first-order chi connectivity index (χ1) is 10.9. The highest BCUT2D eigenvalue weighted by atomic mass is 35.5. The number of fused-ring (bicyclic) bond motifs is 1. The van der Waals surface area contributed by atoms with E-state index in [1.54, 1.807) is 31.2 Å². The normalized spacial score (nSPS) is 12.5. The van der Waals surface area contributed by atoms with Crippen LogP contribution >= 0.6 is 23.2 Å². The van der Waals surface area contributed by atoms with Gasteiger partial charge in [0.25, 0.3) is 5.56 Å². The van der Waals surface area contributed by atoms with Crippen molar-refractivity contribution in [2.45, 2.75) is 13.0 Å². The van der Waals surface area contributed by atoms with E-state index >= 15 is 0 Å². The van der Waals surface area contributed by atoms with Gasteiger partial charge in [0.2, 0.25) is 0 Å². The second-order valence-corrected chi connectivity index (χ2v) is 5.99. The van der Waals surface area contributed by atoms with Gasteiger partial charge in [0.1, 0.15) is 5.82 Å². The van der Waals surface area contributed by atoms with Crippen molar-refractivity contribution < 1.29 is 4.39 Å². The predicted molar refractivity (Wildman–Crippen MR) is 89.1 cm³/mol. The number of aromatic amines is 1. The number of halogens is 3. The molecule has 1 atom stereocenters. The van der Waals surface area contributed by atoms with Gasteiger partial charge in [0, 0.05) is 5.02 Å². The van der Waals surface area contributed by atoms with Gasteiger partial charge in [-0.3, -0.25) is 9.36 Å². The monoisotopic (exact) mass is 352 g/mol. The van der Waals surface area contributed by atoms with Crippen LogP contribution in [0.5, 0.6) is 0 Å². The molecule has 1 aromatic heterocycles. The first kappa shape index (κ1) is 15.8. The Balaban J connectivity index is 2.25. The molecule has 0 amide bonds. The van der Waals surface area contributed by atoms with Crippen molar-refractivity contribution in [2.75, 3.05) is 0 Å². The zero-order valence-corrected chi connectivity index (χ0v) is 13.5. The SMILES string of the molecule is CC(c1ccc(Cl)cc1)n1c(=O)[nH]c2cc(Cl)c(F)cc2c1=O. The molecular formula is C16H11Cl2FN2O2. The van der Waals surface area contributed by atoms with Gasteiger partial charge < -0.3 is 4.98 Å². The molecule has 3 rings (SSSR count). The number of nitrogens with one attached hydrogen (secondary N) is 1. The topological polar surface area (TPSA) is 54.9 Å². The minimum atomic E-state index is -0.714. The highest BCUT2D eigenvalue weighted by Crippen LogP contribution is 2.21. The molecule has 0 radical (unpaired) electrons. The fourth-order valence-corrected chi connectivity index (χ4v) is 2.76. The molecule has 1 heterocycles. The number of benzene rings is 2. The lowest BCUT2D eigenvalue weighted by atomic mass is 10.1. The lowest BCUT2D eigenvalue weighted by molar-refractivity contribution is 0.584. The van der Waals surface area contributed by atoms with Gasteiger partial charge in [0.05, 0.1) is 22.0 Å².